The molecule has 1 saturated heterocycles. The van der Waals surface area contributed by atoms with Crippen LogP contribution in [-0.2, 0) is 0 Å². The Balaban J connectivity index is 2.14. The molecule has 1 aliphatic heterocycles. The van der Waals surface area contributed by atoms with Crippen molar-refractivity contribution in [1.82, 2.24) is 10.2 Å². The molecule has 0 spiro atoms. The summed E-state index contributed by atoms with van der Waals surface area (Å²) in [5.74, 6) is 1.73. The lowest BCUT2D eigenvalue weighted by Gasteiger charge is -2.28. The van der Waals surface area contributed by atoms with E-state index in [1.165, 1.54) is 45.4 Å². The van der Waals surface area contributed by atoms with Gasteiger partial charge in [0.05, 0.1) is 0 Å². The molecule has 1 N–H and O–H groups in total. The predicted molar refractivity (Wildman–Crippen MR) is 62.5 cm³/mol. The molecule has 1 rings (SSSR count). The van der Waals surface area contributed by atoms with Gasteiger partial charge in [0.25, 0.3) is 0 Å². The number of rotatable bonds is 5. The van der Waals surface area contributed by atoms with Crippen molar-refractivity contribution in [2.75, 3.05) is 33.2 Å². The fourth-order valence-corrected chi connectivity index (χ4v) is 2.26. The standard InChI is InChI=1S/C12H26N2/c1-4-11(2)9-14(3)10-12-6-5-7-13-8-12/h11-13H,4-10H2,1-3H3. The van der Waals surface area contributed by atoms with Crippen LogP contribution in [0.25, 0.3) is 0 Å². The van der Waals surface area contributed by atoms with Crippen molar-refractivity contribution in [3.8, 4) is 0 Å². The molecule has 0 aromatic heterocycles. The molecule has 2 nitrogen and oxygen atoms in total. The van der Waals surface area contributed by atoms with Crippen molar-refractivity contribution in [2.45, 2.75) is 33.1 Å². The summed E-state index contributed by atoms with van der Waals surface area (Å²) < 4.78 is 0. The van der Waals surface area contributed by atoms with E-state index in [2.05, 4.69) is 31.1 Å². The van der Waals surface area contributed by atoms with E-state index in [-0.39, 0.29) is 0 Å². The fourth-order valence-electron chi connectivity index (χ4n) is 2.26. The van der Waals surface area contributed by atoms with Crippen LogP contribution in [-0.4, -0.2) is 38.1 Å². The Labute approximate surface area is 89.1 Å². The quantitative estimate of drug-likeness (QED) is 0.726. The fraction of sp³-hybridized carbons (Fsp3) is 1.00. The van der Waals surface area contributed by atoms with Gasteiger partial charge in [0.15, 0.2) is 0 Å². The van der Waals surface area contributed by atoms with Crippen LogP contribution in [0, 0.1) is 11.8 Å². The maximum Gasteiger partial charge on any atom is 0.00189 e. The second-order valence-corrected chi connectivity index (χ2v) is 4.95. The molecule has 0 aromatic rings. The molecule has 2 unspecified atom stereocenters. The van der Waals surface area contributed by atoms with E-state index in [0.29, 0.717) is 0 Å². The van der Waals surface area contributed by atoms with Crippen LogP contribution in [0.4, 0.5) is 0 Å². The first-order valence-corrected chi connectivity index (χ1v) is 6.11. The minimum absolute atomic E-state index is 0.844. The Hall–Kier alpha value is -0.0800. The zero-order valence-corrected chi connectivity index (χ0v) is 10.1. The second-order valence-electron chi connectivity index (χ2n) is 4.95. The zero-order valence-electron chi connectivity index (χ0n) is 10.1. The third-order valence-corrected chi connectivity index (χ3v) is 3.29. The molecule has 1 heterocycles. The van der Waals surface area contributed by atoms with Crippen LogP contribution >= 0.6 is 0 Å². The summed E-state index contributed by atoms with van der Waals surface area (Å²) >= 11 is 0. The number of nitrogens with one attached hydrogen (secondary N) is 1. The van der Waals surface area contributed by atoms with Crippen molar-refractivity contribution < 1.29 is 0 Å². The molecular weight excluding hydrogens is 172 g/mol. The van der Waals surface area contributed by atoms with Crippen molar-refractivity contribution in [3.63, 3.8) is 0 Å². The van der Waals surface area contributed by atoms with Crippen LogP contribution in [0.3, 0.4) is 0 Å². The monoisotopic (exact) mass is 198 g/mol. The number of hydrogen-bond donors (Lipinski definition) is 1. The topological polar surface area (TPSA) is 15.3 Å². The third kappa shape index (κ3) is 4.43. The minimum Gasteiger partial charge on any atom is -0.316 e. The van der Waals surface area contributed by atoms with Crippen molar-refractivity contribution in [3.05, 3.63) is 0 Å². The molecule has 0 bridgehead atoms. The van der Waals surface area contributed by atoms with Gasteiger partial charge < -0.3 is 10.2 Å². The lowest BCUT2D eigenvalue weighted by Crippen LogP contribution is -2.38. The maximum absolute atomic E-state index is 3.48. The van der Waals surface area contributed by atoms with Gasteiger partial charge in [-0.25, -0.2) is 0 Å². The molecule has 0 aromatic carbocycles. The summed E-state index contributed by atoms with van der Waals surface area (Å²) in [5.41, 5.74) is 0. The summed E-state index contributed by atoms with van der Waals surface area (Å²) in [4.78, 5) is 2.51. The molecule has 0 saturated carbocycles. The highest BCUT2D eigenvalue weighted by atomic mass is 15.1. The van der Waals surface area contributed by atoms with Gasteiger partial charge in [0.2, 0.25) is 0 Å². The maximum atomic E-state index is 3.48. The summed E-state index contributed by atoms with van der Waals surface area (Å²) in [7, 11) is 2.26. The Morgan fingerprint density at radius 2 is 2.29 bits per heavy atom. The average molecular weight is 198 g/mol. The third-order valence-electron chi connectivity index (χ3n) is 3.29. The molecule has 0 amide bonds. The summed E-state index contributed by atoms with van der Waals surface area (Å²) in [6, 6.07) is 0. The van der Waals surface area contributed by atoms with E-state index >= 15 is 0 Å². The van der Waals surface area contributed by atoms with Gasteiger partial charge in [0.1, 0.15) is 0 Å². The molecular formula is C12H26N2. The highest BCUT2D eigenvalue weighted by Crippen LogP contribution is 2.12. The van der Waals surface area contributed by atoms with Gasteiger partial charge in [0, 0.05) is 13.1 Å². The van der Waals surface area contributed by atoms with Crippen molar-refractivity contribution in [1.29, 1.82) is 0 Å². The van der Waals surface area contributed by atoms with Gasteiger partial charge in [-0.3, -0.25) is 0 Å². The SMILES string of the molecule is CCC(C)CN(C)CC1CCCNC1. The number of hydrogen-bond acceptors (Lipinski definition) is 2. The van der Waals surface area contributed by atoms with E-state index in [4.69, 9.17) is 0 Å². The first-order valence-electron chi connectivity index (χ1n) is 6.11. The van der Waals surface area contributed by atoms with Crippen LogP contribution in [0.1, 0.15) is 33.1 Å². The number of nitrogens with zero attached hydrogens (tertiary/aromatic N) is 1. The Morgan fingerprint density at radius 3 is 2.86 bits per heavy atom. The normalized spacial score (nSPS) is 25.3. The summed E-state index contributed by atoms with van der Waals surface area (Å²) in [5, 5.41) is 3.48. The molecule has 0 radical (unpaired) electrons. The minimum atomic E-state index is 0.844. The van der Waals surface area contributed by atoms with Crippen molar-refractivity contribution in [2.24, 2.45) is 11.8 Å². The van der Waals surface area contributed by atoms with Crippen LogP contribution in [0.2, 0.25) is 0 Å². The number of piperidine rings is 1. The predicted octanol–water partition coefficient (Wildman–Crippen LogP) is 1.96. The van der Waals surface area contributed by atoms with Crippen LogP contribution < -0.4 is 5.32 Å². The average Bonchev–Trinajstić information content (AvgIpc) is 2.19. The molecule has 14 heavy (non-hydrogen) atoms. The Morgan fingerprint density at radius 1 is 1.50 bits per heavy atom. The molecule has 84 valence electrons. The molecule has 0 aliphatic carbocycles. The largest absolute Gasteiger partial charge is 0.316 e. The lowest BCUT2D eigenvalue weighted by molar-refractivity contribution is 0.218. The van der Waals surface area contributed by atoms with Crippen LogP contribution in [0.15, 0.2) is 0 Å². The molecule has 2 atom stereocenters. The smallest absolute Gasteiger partial charge is 0.00189 e. The second kappa shape index (κ2) is 6.41. The Kier molecular flexibility index (Phi) is 5.49. The molecule has 1 aliphatic rings. The van der Waals surface area contributed by atoms with E-state index in [9.17, 15) is 0 Å². The highest BCUT2D eigenvalue weighted by Gasteiger charge is 2.15. The molecule has 1 fully saturated rings. The van der Waals surface area contributed by atoms with E-state index < -0.39 is 0 Å². The molecule has 2 heteroatoms. The summed E-state index contributed by atoms with van der Waals surface area (Å²) in [6.45, 7) is 9.61. The lowest BCUT2D eigenvalue weighted by atomic mass is 9.98. The van der Waals surface area contributed by atoms with E-state index in [1.54, 1.807) is 0 Å². The first-order chi connectivity index (χ1) is 6.72. The summed E-state index contributed by atoms with van der Waals surface area (Å²) in [6.07, 6.45) is 4.08. The van der Waals surface area contributed by atoms with E-state index in [1.807, 2.05) is 0 Å². The zero-order chi connectivity index (χ0) is 10.4. The van der Waals surface area contributed by atoms with Crippen molar-refractivity contribution >= 4 is 0 Å². The van der Waals surface area contributed by atoms with Gasteiger partial charge >= 0.3 is 0 Å². The van der Waals surface area contributed by atoms with E-state index in [0.717, 1.165) is 11.8 Å². The van der Waals surface area contributed by atoms with Gasteiger partial charge in [-0.15, -0.1) is 0 Å². The first kappa shape index (κ1) is 12.0. The highest BCUT2D eigenvalue weighted by molar-refractivity contribution is 4.72. The van der Waals surface area contributed by atoms with Crippen LogP contribution in [0.5, 0.6) is 0 Å². The van der Waals surface area contributed by atoms with Gasteiger partial charge in [-0.1, -0.05) is 20.3 Å². The van der Waals surface area contributed by atoms with Gasteiger partial charge in [-0.05, 0) is 44.8 Å². The Bertz CT molecular complexity index is 141. The van der Waals surface area contributed by atoms with Gasteiger partial charge in [-0.2, -0.15) is 0 Å².